The molecule has 2 aromatic heterocycles. The van der Waals surface area contributed by atoms with E-state index in [0.29, 0.717) is 41.4 Å². The monoisotopic (exact) mass is 592 g/mol. The minimum absolute atomic E-state index is 0.272. The van der Waals surface area contributed by atoms with Gasteiger partial charge in [-0.05, 0) is 39.8 Å². The van der Waals surface area contributed by atoms with E-state index >= 15 is 0 Å². The maximum absolute atomic E-state index is 13.6. The highest BCUT2D eigenvalue weighted by atomic mass is 31.2. The third kappa shape index (κ3) is 11.4. The molecule has 5 N–H and O–H groups in total. The van der Waals surface area contributed by atoms with Crippen molar-refractivity contribution in [3.8, 4) is 5.75 Å². The summed E-state index contributed by atoms with van der Waals surface area (Å²) >= 11 is 0. The Kier molecular flexibility index (Phi) is 12.4. The van der Waals surface area contributed by atoms with Gasteiger partial charge < -0.3 is 34.5 Å². The maximum atomic E-state index is 13.6. The van der Waals surface area contributed by atoms with E-state index in [2.05, 4.69) is 20.0 Å². The topological polar surface area (TPSA) is 218 Å². The molecular formula is C25H33N6O9P. The number of carbonyl (C=O) groups is 3. The summed E-state index contributed by atoms with van der Waals surface area (Å²) in [5.41, 5.74) is 6.91. The molecule has 3 atom stereocenters. The Labute approximate surface area is 235 Å². The molecule has 15 nitrogen and oxygen atoms in total. The number of para-hydroxylation sites is 1. The fraction of sp³-hybridized carbons (Fsp3) is 0.360. The van der Waals surface area contributed by atoms with E-state index in [1.54, 1.807) is 55.9 Å². The summed E-state index contributed by atoms with van der Waals surface area (Å²) in [6.07, 6.45) is 3.13. The standard InChI is InChI=1S/C21H29N6O5P.C4H4O4/c1-14(2)31-21(28)16(4)26-33(29,32-17-8-6-5-7-9-17)13-30-15(3)10-27-12-25-18-19(22)23-11-24-20(18)27;5-3(6)1-2-4(7)8/h5-9,11-12,14-16H,10,13H2,1-4H3,(H,26,29)(H2,22,23,24);1-2H,(H,5,6)(H,7,8)/b;2-1+/t15-,16-,33?;/m1./s1. The van der Waals surface area contributed by atoms with Gasteiger partial charge in [0.25, 0.3) is 0 Å². The van der Waals surface area contributed by atoms with Crippen LogP contribution >= 0.6 is 7.52 Å². The van der Waals surface area contributed by atoms with E-state index in [0.717, 1.165) is 0 Å². The molecule has 0 aliphatic heterocycles. The number of nitrogens with one attached hydrogen (secondary N) is 1. The lowest BCUT2D eigenvalue weighted by Gasteiger charge is -2.25. The van der Waals surface area contributed by atoms with Crippen LogP contribution in [0.3, 0.4) is 0 Å². The zero-order valence-electron chi connectivity index (χ0n) is 22.9. The van der Waals surface area contributed by atoms with Crippen molar-refractivity contribution >= 4 is 42.4 Å². The highest BCUT2D eigenvalue weighted by molar-refractivity contribution is 7.57. The minimum atomic E-state index is -3.64. The third-order valence-electron chi connectivity index (χ3n) is 4.87. The highest BCUT2D eigenvalue weighted by Gasteiger charge is 2.32. The van der Waals surface area contributed by atoms with Gasteiger partial charge in [0.05, 0.1) is 25.1 Å². The molecule has 0 amide bonds. The van der Waals surface area contributed by atoms with Crippen molar-refractivity contribution in [2.75, 3.05) is 12.1 Å². The number of nitrogens with two attached hydrogens (primary N) is 1. The smallest absolute Gasteiger partial charge is 0.342 e. The number of esters is 1. The number of carbonyl (C=O) groups excluding carboxylic acids is 1. The molecule has 0 bridgehead atoms. The molecule has 41 heavy (non-hydrogen) atoms. The predicted molar refractivity (Wildman–Crippen MR) is 148 cm³/mol. The number of nitrogens with zero attached hydrogens (tertiary/aromatic N) is 4. The molecule has 0 saturated carbocycles. The fourth-order valence-corrected chi connectivity index (χ4v) is 4.94. The number of fused-ring (bicyclic) bond motifs is 1. The Morgan fingerprint density at radius 3 is 2.27 bits per heavy atom. The molecule has 1 unspecified atom stereocenters. The van der Waals surface area contributed by atoms with Crippen molar-refractivity contribution in [1.82, 2.24) is 24.6 Å². The number of carboxylic acids is 2. The number of aromatic nitrogens is 4. The van der Waals surface area contributed by atoms with Crippen LogP contribution in [0.1, 0.15) is 27.7 Å². The van der Waals surface area contributed by atoms with Gasteiger partial charge in [0, 0.05) is 12.2 Å². The van der Waals surface area contributed by atoms with Crippen LogP contribution < -0.4 is 15.3 Å². The molecule has 0 fully saturated rings. The van der Waals surface area contributed by atoms with E-state index in [1.807, 2.05) is 13.0 Å². The first-order valence-corrected chi connectivity index (χ1v) is 14.1. The second-order valence-corrected chi connectivity index (χ2v) is 10.9. The van der Waals surface area contributed by atoms with Crippen LogP contribution in [0.5, 0.6) is 5.75 Å². The summed E-state index contributed by atoms with van der Waals surface area (Å²) in [6, 6.07) is 7.83. The molecule has 1 aromatic carbocycles. The Balaban J connectivity index is 0.000000642. The number of imidazole rings is 1. The van der Waals surface area contributed by atoms with Crippen LogP contribution in [0.2, 0.25) is 0 Å². The summed E-state index contributed by atoms with van der Waals surface area (Å²) < 4.78 is 32.2. The van der Waals surface area contributed by atoms with E-state index in [9.17, 15) is 18.9 Å². The summed E-state index contributed by atoms with van der Waals surface area (Å²) in [6.45, 7) is 7.25. The lowest BCUT2D eigenvalue weighted by molar-refractivity contribution is -0.149. The van der Waals surface area contributed by atoms with E-state index in [4.69, 9.17) is 29.9 Å². The number of aliphatic carboxylic acids is 2. The van der Waals surface area contributed by atoms with Crippen LogP contribution in [0.25, 0.3) is 11.2 Å². The zero-order valence-corrected chi connectivity index (χ0v) is 23.8. The number of hydrogen-bond donors (Lipinski definition) is 4. The van der Waals surface area contributed by atoms with Crippen molar-refractivity contribution in [2.45, 2.75) is 52.5 Å². The minimum Gasteiger partial charge on any atom is -0.478 e. The Bertz CT molecular complexity index is 1380. The summed E-state index contributed by atoms with van der Waals surface area (Å²) in [5, 5.41) is 18.4. The van der Waals surface area contributed by atoms with Gasteiger partial charge in [-0.1, -0.05) is 18.2 Å². The third-order valence-corrected chi connectivity index (χ3v) is 6.65. The first kappa shape index (κ1) is 32.9. The zero-order chi connectivity index (χ0) is 30.6. The molecule has 0 spiro atoms. The van der Waals surface area contributed by atoms with Gasteiger partial charge in [-0.2, -0.15) is 0 Å². The van der Waals surface area contributed by atoms with Gasteiger partial charge in [0.1, 0.15) is 30.0 Å². The van der Waals surface area contributed by atoms with Crippen LogP contribution in [-0.4, -0.2) is 72.2 Å². The molecule has 0 saturated heterocycles. The van der Waals surface area contributed by atoms with Gasteiger partial charge in [0.2, 0.25) is 0 Å². The number of carboxylic acid groups (broad SMARTS) is 2. The number of ether oxygens (including phenoxy) is 2. The van der Waals surface area contributed by atoms with Gasteiger partial charge in [0.15, 0.2) is 11.5 Å². The molecule has 0 aliphatic carbocycles. The average molecular weight is 593 g/mol. The summed E-state index contributed by atoms with van der Waals surface area (Å²) in [5.74, 6) is -2.36. The first-order chi connectivity index (χ1) is 19.3. The van der Waals surface area contributed by atoms with E-state index in [-0.39, 0.29) is 18.6 Å². The second kappa shape index (κ2) is 15.5. The normalized spacial score (nSPS) is 14.1. The Morgan fingerprint density at radius 1 is 1.05 bits per heavy atom. The molecule has 3 rings (SSSR count). The van der Waals surface area contributed by atoms with Crippen LogP contribution in [0, 0.1) is 0 Å². The maximum Gasteiger partial charge on any atom is 0.342 e. The second-order valence-electron chi connectivity index (χ2n) is 8.86. The summed E-state index contributed by atoms with van der Waals surface area (Å²) in [7, 11) is -3.64. The molecule has 3 aromatic rings. The van der Waals surface area contributed by atoms with Crippen molar-refractivity contribution in [2.24, 2.45) is 0 Å². The van der Waals surface area contributed by atoms with Crippen molar-refractivity contribution in [3.05, 3.63) is 55.1 Å². The number of anilines is 1. The lowest BCUT2D eigenvalue weighted by Crippen LogP contribution is -2.37. The van der Waals surface area contributed by atoms with Crippen LogP contribution in [0.15, 0.2) is 55.1 Å². The van der Waals surface area contributed by atoms with Gasteiger partial charge in [-0.25, -0.2) is 29.6 Å². The molecule has 2 heterocycles. The predicted octanol–water partition coefficient (Wildman–Crippen LogP) is 2.68. The number of rotatable bonds is 13. The average Bonchev–Trinajstić information content (AvgIpc) is 3.30. The quantitative estimate of drug-likeness (QED) is 0.127. The lowest BCUT2D eigenvalue weighted by atomic mass is 10.3. The fourth-order valence-electron chi connectivity index (χ4n) is 3.15. The molecular weight excluding hydrogens is 559 g/mol. The van der Waals surface area contributed by atoms with Gasteiger partial charge >= 0.3 is 25.4 Å². The van der Waals surface area contributed by atoms with Crippen molar-refractivity contribution in [3.63, 3.8) is 0 Å². The number of nitrogen functional groups attached to an aromatic ring is 1. The SMILES string of the molecule is CC(C)OC(=O)[C@@H](C)NP(=O)(CO[C@H](C)Cn1cnc2c(N)ncnc21)Oc1ccccc1.O=C(O)/C=C/C(=O)O. The molecule has 0 radical (unpaired) electrons. The van der Waals surface area contributed by atoms with Crippen molar-refractivity contribution in [1.29, 1.82) is 0 Å². The molecule has 222 valence electrons. The van der Waals surface area contributed by atoms with Gasteiger partial charge in [-0.3, -0.25) is 9.36 Å². The Morgan fingerprint density at radius 2 is 1.68 bits per heavy atom. The Hall–Kier alpha value is -4.33. The van der Waals surface area contributed by atoms with Gasteiger partial charge in [-0.15, -0.1) is 0 Å². The van der Waals surface area contributed by atoms with E-state index in [1.165, 1.54) is 6.33 Å². The largest absolute Gasteiger partial charge is 0.478 e. The number of benzene rings is 1. The number of hydrogen-bond acceptors (Lipinski definition) is 11. The summed E-state index contributed by atoms with van der Waals surface area (Å²) in [4.78, 5) is 43.7. The van der Waals surface area contributed by atoms with Crippen LogP contribution in [-0.2, 0) is 35.0 Å². The highest BCUT2D eigenvalue weighted by Crippen LogP contribution is 2.44. The van der Waals surface area contributed by atoms with Crippen molar-refractivity contribution < 1.29 is 43.2 Å². The molecule has 0 aliphatic rings. The first-order valence-electron chi connectivity index (χ1n) is 12.3. The van der Waals surface area contributed by atoms with Crippen LogP contribution in [0.4, 0.5) is 5.82 Å². The van der Waals surface area contributed by atoms with E-state index < -0.39 is 31.5 Å². The molecule has 16 heteroatoms.